The van der Waals surface area contributed by atoms with Gasteiger partial charge in [0.05, 0.1) is 18.0 Å². The second-order valence-corrected chi connectivity index (χ2v) is 11.4. The number of benzene rings is 1. The van der Waals surface area contributed by atoms with Gasteiger partial charge in [0.15, 0.2) is 11.6 Å². The van der Waals surface area contributed by atoms with E-state index in [-0.39, 0.29) is 23.2 Å². The van der Waals surface area contributed by atoms with Crippen LogP contribution in [-0.4, -0.2) is 48.2 Å². The van der Waals surface area contributed by atoms with Gasteiger partial charge in [-0.3, -0.25) is 9.59 Å². The maximum Gasteiger partial charge on any atom is 0.176 e. The Hall–Kier alpha value is -1.08. The molecule has 0 aliphatic heterocycles. The number of carbonyl (C=O) groups excluding carboxylic acids is 2. The van der Waals surface area contributed by atoms with Crippen molar-refractivity contribution in [1.82, 2.24) is 10.6 Å². The van der Waals surface area contributed by atoms with Gasteiger partial charge < -0.3 is 10.6 Å². The first-order chi connectivity index (χ1) is 16.0. The molecule has 0 amide bonds. The molecule has 191 valence electrons. The van der Waals surface area contributed by atoms with Crippen molar-refractivity contribution >= 4 is 36.8 Å². The molecule has 0 saturated heterocycles. The zero-order chi connectivity index (χ0) is 25.8. The predicted molar refractivity (Wildman–Crippen MR) is 152 cm³/mol. The monoisotopic (exact) mass is 505 g/mol. The van der Waals surface area contributed by atoms with Gasteiger partial charge in [-0.15, -0.1) is 0 Å². The summed E-state index contributed by atoms with van der Waals surface area (Å²) in [6.45, 7) is 12.5. The Labute approximate surface area is 219 Å². The van der Waals surface area contributed by atoms with E-state index in [0.29, 0.717) is 42.3 Å². The van der Waals surface area contributed by atoms with E-state index in [4.69, 9.17) is 12.6 Å². The highest BCUT2D eigenvalue weighted by atomic mass is 32.1. The van der Waals surface area contributed by atoms with E-state index in [1.807, 2.05) is 30.3 Å². The summed E-state index contributed by atoms with van der Waals surface area (Å²) >= 11 is 9.32. The van der Waals surface area contributed by atoms with Crippen LogP contribution in [0.5, 0.6) is 0 Å². The molecule has 0 heterocycles. The van der Waals surface area contributed by atoms with Crippen LogP contribution < -0.4 is 10.6 Å². The van der Waals surface area contributed by atoms with Gasteiger partial charge >= 0.3 is 0 Å². The number of hydrogen-bond acceptors (Lipinski definition) is 6. The molecule has 0 bridgehead atoms. The molecular formula is C28H45N2O2S2. The van der Waals surface area contributed by atoms with Crippen molar-refractivity contribution in [3.8, 4) is 0 Å². The van der Waals surface area contributed by atoms with Gasteiger partial charge in [0.25, 0.3) is 0 Å². The summed E-state index contributed by atoms with van der Waals surface area (Å²) in [5.74, 6) is 0.903. The first-order valence-electron chi connectivity index (χ1n) is 12.4. The molecule has 6 heteroatoms. The molecule has 4 nitrogen and oxygen atoms in total. The van der Waals surface area contributed by atoms with Crippen LogP contribution in [0.1, 0.15) is 58.9 Å². The quantitative estimate of drug-likeness (QED) is 0.175. The van der Waals surface area contributed by atoms with Crippen LogP contribution in [0, 0.1) is 17.8 Å². The van der Waals surface area contributed by atoms with E-state index in [1.165, 1.54) is 0 Å². The van der Waals surface area contributed by atoms with E-state index in [0.717, 1.165) is 18.4 Å². The standard InChI is InChI=1S/C28H45N2O2S2/c1-18(2)15-23(29-6)27(31)21(5)26(25(34)17-22-11-9-8-10-12-22)28(32)24(30-7)16-19(3)13-14-20(4)33/h8-12,18-20,23-25,29-30,33-34H,5,13-17H2,1-4,6-7H3/t19?,20?,23-,24-,25?/m0/s1. The summed E-state index contributed by atoms with van der Waals surface area (Å²) in [6.07, 6.45) is 3.91. The Kier molecular flexibility index (Phi) is 14.4. The van der Waals surface area contributed by atoms with Gasteiger partial charge in [0, 0.05) is 10.8 Å². The Morgan fingerprint density at radius 3 is 1.94 bits per heavy atom. The first kappa shape index (κ1) is 31.0. The Morgan fingerprint density at radius 1 is 0.882 bits per heavy atom. The molecule has 0 aliphatic rings. The third-order valence-electron chi connectivity index (χ3n) is 6.25. The van der Waals surface area contributed by atoms with Gasteiger partial charge in [-0.05, 0) is 68.8 Å². The molecule has 34 heavy (non-hydrogen) atoms. The number of likely N-dealkylation sites (N-methyl/N-ethyl adjacent to an activating group) is 2. The molecule has 1 aromatic carbocycles. The summed E-state index contributed by atoms with van der Waals surface area (Å²) < 4.78 is 0. The van der Waals surface area contributed by atoms with Crippen molar-refractivity contribution in [1.29, 1.82) is 0 Å². The largest absolute Gasteiger partial charge is 0.311 e. The van der Waals surface area contributed by atoms with E-state index in [2.05, 4.69) is 57.5 Å². The minimum Gasteiger partial charge on any atom is -0.311 e. The molecule has 0 fully saturated rings. The average Bonchev–Trinajstić information content (AvgIpc) is 2.79. The van der Waals surface area contributed by atoms with E-state index < -0.39 is 11.3 Å². The van der Waals surface area contributed by atoms with Crippen molar-refractivity contribution in [3.63, 3.8) is 0 Å². The smallest absolute Gasteiger partial charge is 0.176 e. The summed E-state index contributed by atoms with van der Waals surface area (Å²) in [5.41, 5.74) is 1.34. The Balaban J connectivity index is 3.19. The number of hydrogen-bond donors (Lipinski definition) is 4. The molecule has 0 aromatic heterocycles. The van der Waals surface area contributed by atoms with Crippen LogP contribution in [0.15, 0.2) is 42.5 Å². The third kappa shape index (κ3) is 10.3. The number of carbonyl (C=O) groups is 2. The Morgan fingerprint density at radius 2 is 1.44 bits per heavy atom. The van der Waals surface area contributed by atoms with Gasteiger partial charge in [-0.2, -0.15) is 25.3 Å². The average molecular weight is 506 g/mol. The van der Waals surface area contributed by atoms with E-state index >= 15 is 0 Å². The van der Waals surface area contributed by atoms with Gasteiger partial charge in [-0.25, -0.2) is 0 Å². The molecule has 1 aromatic rings. The molecule has 0 aliphatic carbocycles. The number of Topliss-reactive ketones (excluding diaryl/α,β-unsaturated/α-hetero) is 2. The minimum atomic E-state index is -0.425. The highest BCUT2D eigenvalue weighted by Gasteiger charge is 2.38. The van der Waals surface area contributed by atoms with Gasteiger partial charge in [-0.1, -0.05) is 64.6 Å². The summed E-state index contributed by atoms with van der Waals surface area (Å²) in [5, 5.41) is 6.22. The normalized spacial score (nSPS) is 16.2. The molecule has 0 spiro atoms. The van der Waals surface area contributed by atoms with Crippen molar-refractivity contribution in [2.45, 2.75) is 82.4 Å². The summed E-state index contributed by atoms with van der Waals surface area (Å²) in [6, 6.07) is 9.16. The SMILES string of the molecule is C=C([C](C(=O)[C@H](CC(C)CCC(C)S)NC)C(S)Cc1ccccc1)C(=O)[C@H](CC(C)C)NC. The fraction of sp³-hybridized carbons (Fsp3) is 0.607. The molecule has 1 radical (unpaired) electrons. The summed E-state index contributed by atoms with van der Waals surface area (Å²) in [7, 11) is 3.58. The van der Waals surface area contributed by atoms with E-state index in [9.17, 15) is 9.59 Å². The number of ketones is 2. The molecule has 1 rings (SSSR count). The fourth-order valence-electron chi connectivity index (χ4n) is 4.21. The van der Waals surface area contributed by atoms with Crippen LogP contribution in [0.2, 0.25) is 0 Å². The van der Waals surface area contributed by atoms with Gasteiger partial charge in [0.1, 0.15) is 0 Å². The lowest BCUT2D eigenvalue weighted by Crippen LogP contribution is -2.45. The second-order valence-electron chi connectivity index (χ2n) is 9.91. The number of rotatable bonds is 17. The molecule has 2 N–H and O–H groups in total. The molecule has 0 saturated carbocycles. The lowest BCUT2D eigenvalue weighted by Gasteiger charge is -2.30. The highest BCUT2D eigenvalue weighted by molar-refractivity contribution is 7.81. The molecule has 5 atom stereocenters. The third-order valence-corrected chi connectivity index (χ3v) is 6.94. The van der Waals surface area contributed by atoms with Crippen molar-refractivity contribution in [3.05, 3.63) is 54.0 Å². The topological polar surface area (TPSA) is 58.2 Å². The maximum absolute atomic E-state index is 13.9. The lowest BCUT2D eigenvalue weighted by molar-refractivity contribution is -0.122. The van der Waals surface area contributed by atoms with Crippen molar-refractivity contribution < 1.29 is 9.59 Å². The van der Waals surface area contributed by atoms with Crippen molar-refractivity contribution in [2.24, 2.45) is 11.8 Å². The number of thiol groups is 2. The van der Waals surface area contributed by atoms with Crippen LogP contribution in [0.4, 0.5) is 0 Å². The summed E-state index contributed by atoms with van der Waals surface area (Å²) in [4.78, 5) is 27.3. The van der Waals surface area contributed by atoms with Gasteiger partial charge in [0.2, 0.25) is 0 Å². The second kappa shape index (κ2) is 15.8. The highest BCUT2D eigenvalue weighted by Crippen LogP contribution is 2.30. The fourth-order valence-corrected chi connectivity index (χ4v) is 4.86. The zero-order valence-electron chi connectivity index (χ0n) is 21.8. The minimum absolute atomic E-state index is 0.0815. The predicted octanol–water partition coefficient (Wildman–Crippen LogP) is 5.14. The lowest BCUT2D eigenvalue weighted by atomic mass is 9.79. The first-order valence-corrected chi connectivity index (χ1v) is 13.4. The van der Waals surface area contributed by atoms with Crippen LogP contribution in [-0.2, 0) is 16.0 Å². The Bertz CT molecular complexity index is 767. The van der Waals surface area contributed by atoms with Crippen LogP contribution in [0.25, 0.3) is 0 Å². The number of nitrogens with one attached hydrogen (secondary N) is 2. The van der Waals surface area contributed by atoms with Crippen LogP contribution in [0.3, 0.4) is 0 Å². The van der Waals surface area contributed by atoms with Crippen LogP contribution >= 0.6 is 25.3 Å². The van der Waals surface area contributed by atoms with Crippen molar-refractivity contribution in [2.75, 3.05) is 14.1 Å². The molecular weight excluding hydrogens is 460 g/mol. The van der Waals surface area contributed by atoms with E-state index in [1.54, 1.807) is 14.1 Å². The molecule has 3 unspecified atom stereocenters. The maximum atomic E-state index is 13.9. The zero-order valence-corrected chi connectivity index (χ0v) is 23.6.